The normalized spacial score (nSPS) is 21.6. The molecule has 2 N–H and O–H groups in total. The first kappa shape index (κ1) is 24.3. The number of aliphatic imine (C=N–C) groups is 1. The molecule has 1 aromatic carbocycles. The summed E-state index contributed by atoms with van der Waals surface area (Å²) in [5.74, 6) is -0.670. The molecule has 5 rings (SSSR count). The van der Waals surface area contributed by atoms with Crippen LogP contribution in [0.4, 0.5) is 14.7 Å². The molecule has 4 heterocycles. The standard InChI is InChI=1S/C25H24F2N6O2S/c1-24(2,35)20-18(27)11-29-22(30-20)33-12-16-13-36-23(31-21(34)15-6-4-3-5-7-15)32-25(16,14-33)19-9-8-17(26)10-28-19/h3-11,16,35H,12-14H2,1-2H3,(H,31,32,34)/t16-,25-/m0/s1. The number of amidine groups is 1. The topological polar surface area (TPSA) is 104 Å². The number of nitrogens with zero attached hydrogens (tertiary/aromatic N) is 5. The highest BCUT2D eigenvalue weighted by molar-refractivity contribution is 8.13. The Kier molecular flexibility index (Phi) is 6.21. The predicted molar refractivity (Wildman–Crippen MR) is 133 cm³/mol. The van der Waals surface area contributed by atoms with E-state index in [-0.39, 0.29) is 30.0 Å². The molecule has 0 bridgehead atoms. The number of amides is 1. The number of carbonyl (C=O) groups is 1. The second-order valence-corrected chi connectivity index (χ2v) is 10.3. The highest BCUT2D eigenvalue weighted by Gasteiger charge is 2.52. The molecule has 11 heteroatoms. The lowest BCUT2D eigenvalue weighted by atomic mass is 9.85. The third-order valence-corrected chi connectivity index (χ3v) is 7.33. The van der Waals surface area contributed by atoms with E-state index in [1.807, 2.05) is 11.0 Å². The quantitative estimate of drug-likeness (QED) is 0.555. The molecule has 0 spiro atoms. The van der Waals surface area contributed by atoms with Gasteiger partial charge in [-0.05, 0) is 38.1 Å². The summed E-state index contributed by atoms with van der Waals surface area (Å²) in [4.78, 5) is 32.4. The van der Waals surface area contributed by atoms with E-state index in [1.165, 1.54) is 31.7 Å². The van der Waals surface area contributed by atoms with Crippen LogP contribution in [0.1, 0.15) is 35.6 Å². The molecule has 3 aromatic rings. The van der Waals surface area contributed by atoms with Crippen LogP contribution in [0.3, 0.4) is 0 Å². The lowest BCUT2D eigenvalue weighted by Crippen LogP contribution is -2.43. The van der Waals surface area contributed by atoms with Gasteiger partial charge < -0.3 is 15.3 Å². The molecular formula is C25H24F2N6O2S. The molecule has 2 aliphatic rings. The summed E-state index contributed by atoms with van der Waals surface area (Å²) in [6.45, 7) is 3.67. The van der Waals surface area contributed by atoms with E-state index in [2.05, 4.69) is 20.3 Å². The summed E-state index contributed by atoms with van der Waals surface area (Å²) >= 11 is 1.41. The second kappa shape index (κ2) is 9.21. The van der Waals surface area contributed by atoms with Crippen molar-refractivity contribution >= 4 is 28.8 Å². The van der Waals surface area contributed by atoms with Crippen LogP contribution in [0.25, 0.3) is 0 Å². The molecule has 2 aliphatic heterocycles. The Hall–Kier alpha value is -3.44. The lowest BCUT2D eigenvalue weighted by molar-refractivity contribution is 0.0693. The van der Waals surface area contributed by atoms with E-state index in [0.717, 1.165) is 12.4 Å². The van der Waals surface area contributed by atoms with Crippen molar-refractivity contribution in [3.8, 4) is 0 Å². The summed E-state index contributed by atoms with van der Waals surface area (Å²) in [7, 11) is 0. The van der Waals surface area contributed by atoms with Crippen LogP contribution >= 0.6 is 11.8 Å². The SMILES string of the molecule is CC(C)(O)c1nc(N2C[C@H]3CSC(NC(=O)c4ccccc4)=N[C@@]3(c3ccc(F)cn3)C2)ncc1F. The van der Waals surface area contributed by atoms with Crippen LogP contribution in [-0.4, -0.2) is 50.0 Å². The van der Waals surface area contributed by atoms with Crippen LogP contribution in [0.15, 0.2) is 59.9 Å². The maximum absolute atomic E-state index is 14.3. The Morgan fingerprint density at radius 3 is 2.64 bits per heavy atom. The number of benzene rings is 1. The van der Waals surface area contributed by atoms with Crippen molar-refractivity contribution in [3.05, 3.63) is 83.4 Å². The molecule has 2 aromatic heterocycles. The number of nitrogens with one attached hydrogen (secondary N) is 1. The fraction of sp³-hybridized carbons (Fsp3) is 0.320. The van der Waals surface area contributed by atoms with Gasteiger partial charge in [0.25, 0.3) is 5.91 Å². The molecule has 0 saturated carbocycles. The van der Waals surface area contributed by atoms with Gasteiger partial charge in [0.05, 0.1) is 24.6 Å². The van der Waals surface area contributed by atoms with Crippen LogP contribution in [-0.2, 0) is 11.1 Å². The van der Waals surface area contributed by atoms with Gasteiger partial charge in [-0.15, -0.1) is 0 Å². The van der Waals surface area contributed by atoms with Gasteiger partial charge in [-0.2, -0.15) is 0 Å². The number of rotatable bonds is 4. The summed E-state index contributed by atoms with van der Waals surface area (Å²) in [6.07, 6.45) is 2.19. The average Bonchev–Trinajstić information content (AvgIpc) is 3.24. The van der Waals surface area contributed by atoms with Crippen molar-refractivity contribution in [2.24, 2.45) is 10.9 Å². The molecule has 0 radical (unpaired) electrons. The highest BCUT2D eigenvalue weighted by Crippen LogP contribution is 2.45. The Labute approximate surface area is 210 Å². The fourth-order valence-corrected chi connectivity index (χ4v) is 5.64. The Morgan fingerprint density at radius 1 is 1.17 bits per heavy atom. The smallest absolute Gasteiger partial charge is 0.257 e. The van der Waals surface area contributed by atoms with E-state index in [4.69, 9.17) is 4.99 Å². The molecular weight excluding hydrogens is 486 g/mol. The van der Waals surface area contributed by atoms with Gasteiger partial charge in [0, 0.05) is 23.8 Å². The number of hydrogen-bond donors (Lipinski definition) is 2. The van der Waals surface area contributed by atoms with Crippen molar-refractivity contribution in [1.82, 2.24) is 20.3 Å². The van der Waals surface area contributed by atoms with Crippen molar-refractivity contribution in [2.45, 2.75) is 25.0 Å². The number of pyridine rings is 1. The Morgan fingerprint density at radius 2 is 1.94 bits per heavy atom. The van der Waals surface area contributed by atoms with Crippen molar-refractivity contribution in [3.63, 3.8) is 0 Å². The summed E-state index contributed by atoms with van der Waals surface area (Å²) in [5.41, 5.74) is -1.46. The van der Waals surface area contributed by atoms with Gasteiger partial charge in [0.2, 0.25) is 5.95 Å². The van der Waals surface area contributed by atoms with Gasteiger partial charge in [0.15, 0.2) is 11.0 Å². The number of aromatic nitrogens is 3. The molecule has 0 unspecified atom stereocenters. The minimum atomic E-state index is -1.49. The molecule has 1 amide bonds. The third kappa shape index (κ3) is 4.56. The zero-order valence-electron chi connectivity index (χ0n) is 19.7. The monoisotopic (exact) mass is 510 g/mol. The van der Waals surface area contributed by atoms with E-state index < -0.39 is 22.8 Å². The van der Waals surface area contributed by atoms with E-state index in [9.17, 15) is 18.7 Å². The van der Waals surface area contributed by atoms with Crippen LogP contribution < -0.4 is 10.2 Å². The maximum Gasteiger partial charge on any atom is 0.257 e. The largest absolute Gasteiger partial charge is 0.384 e. The van der Waals surface area contributed by atoms with Gasteiger partial charge in [0.1, 0.15) is 22.7 Å². The van der Waals surface area contributed by atoms with Crippen LogP contribution in [0.5, 0.6) is 0 Å². The highest BCUT2D eigenvalue weighted by atomic mass is 32.2. The molecule has 8 nitrogen and oxygen atoms in total. The summed E-state index contributed by atoms with van der Waals surface area (Å²) < 4.78 is 28.0. The van der Waals surface area contributed by atoms with Crippen LogP contribution in [0, 0.1) is 17.6 Å². The Balaban J connectivity index is 1.52. The first-order valence-corrected chi connectivity index (χ1v) is 12.4. The fourth-order valence-electron chi connectivity index (χ4n) is 4.51. The number of fused-ring (bicyclic) bond motifs is 1. The number of hydrogen-bond acceptors (Lipinski definition) is 8. The van der Waals surface area contributed by atoms with Gasteiger partial charge >= 0.3 is 0 Å². The molecule has 1 saturated heterocycles. The minimum Gasteiger partial charge on any atom is -0.384 e. The number of carbonyl (C=O) groups excluding carboxylic acids is 1. The second-order valence-electron chi connectivity index (χ2n) is 9.34. The van der Waals surface area contributed by atoms with Crippen LogP contribution in [0.2, 0.25) is 0 Å². The third-order valence-electron chi connectivity index (χ3n) is 6.29. The molecule has 0 aliphatic carbocycles. The molecule has 2 atom stereocenters. The molecule has 36 heavy (non-hydrogen) atoms. The van der Waals surface area contributed by atoms with Crippen molar-refractivity contribution in [1.29, 1.82) is 0 Å². The van der Waals surface area contributed by atoms with Crippen molar-refractivity contribution in [2.75, 3.05) is 23.7 Å². The van der Waals surface area contributed by atoms with Gasteiger partial charge in [-0.3, -0.25) is 9.78 Å². The van der Waals surface area contributed by atoms with Crippen molar-refractivity contribution < 1.29 is 18.7 Å². The maximum atomic E-state index is 14.3. The predicted octanol–water partition coefficient (Wildman–Crippen LogP) is 3.24. The van der Waals surface area contributed by atoms with E-state index in [1.54, 1.807) is 30.3 Å². The zero-order valence-corrected chi connectivity index (χ0v) is 20.5. The number of halogens is 2. The number of thioether (sulfide) groups is 1. The number of anilines is 1. The van der Waals surface area contributed by atoms with E-state index in [0.29, 0.717) is 28.7 Å². The first-order valence-electron chi connectivity index (χ1n) is 11.4. The van der Waals surface area contributed by atoms with E-state index >= 15 is 0 Å². The molecule has 1 fully saturated rings. The average molecular weight is 511 g/mol. The zero-order chi connectivity index (χ0) is 25.5. The lowest BCUT2D eigenvalue weighted by Gasteiger charge is -2.34. The van der Waals surface area contributed by atoms with Gasteiger partial charge in [-0.1, -0.05) is 30.0 Å². The minimum absolute atomic E-state index is 0.0721. The Bertz CT molecular complexity index is 1320. The summed E-state index contributed by atoms with van der Waals surface area (Å²) in [5, 5.41) is 13.7. The number of aliphatic hydroxyl groups is 1. The molecule has 186 valence electrons. The van der Waals surface area contributed by atoms with Gasteiger partial charge in [-0.25, -0.2) is 23.7 Å². The summed E-state index contributed by atoms with van der Waals surface area (Å²) in [6, 6.07) is 11.7. The first-order chi connectivity index (χ1) is 17.2.